The van der Waals surface area contributed by atoms with Gasteiger partial charge in [-0.15, -0.1) is 0 Å². The number of hydrogen-bond donors (Lipinski definition) is 2. The Morgan fingerprint density at radius 1 is 1.35 bits per heavy atom. The molecule has 2 heterocycles. The molecule has 0 aromatic carbocycles. The second-order valence-electron chi connectivity index (χ2n) is 4.63. The van der Waals surface area contributed by atoms with Gasteiger partial charge < -0.3 is 19.6 Å². The predicted molar refractivity (Wildman–Crippen MR) is 75.0 cm³/mol. The van der Waals surface area contributed by atoms with E-state index >= 15 is 0 Å². The summed E-state index contributed by atoms with van der Waals surface area (Å²) >= 11 is 0. The number of hydrogen-bond acceptors (Lipinski definition) is 5. The molecule has 5 heteroatoms. The molecule has 0 bridgehead atoms. The maximum atomic E-state index is 9.84. The maximum absolute atomic E-state index is 9.84. The van der Waals surface area contributed by atoms with Gasteiger partial charge >= 0.3 is 0 Å². The summed E-state index contributed by atoms with van der Waals surface area (Å²) in [4.78, 5) is 4.26. The van der Waals surface area contributed by atoms with Gasteiger partial charge in [0.15, 0.2) is 0 Å². The number of aromatic nitrogens is 1. The maximum Gasteiger partial charge on any atom is 0.129 e. The van der Waals surface area contributed by atoms with Crippen molar-refractivity contribution in [3.05, 3.63) is 54.2 Å². The van der Waals surface area contributed by atoms with E-state index in [4.69, 9.17) is 9.15 Å². The van der Waals surface area contributed by atoms with E-state index in [9.17, 15) is 5.11 Å². The van der Waals surface area contributed by atoms with Crippen LogP contribution in [0, 0.1) is 0 Å². The van der Waals surface area contributed by atoms with Crippen LogP contribution in [0.5, 0.6) is 0 Å². The lowest BCUT2D eigenvalue weighted by molar-refractivity contribution is 0.0217. The number of ether oxygens (including phenoxy) is 1. The summed E-state index contributed by atoms with van der Waals surface area (Å²) in [6.07, 6.45) is 2.80. The van der Waals surface area contributed by atoms with Crippen LogP contribution in [0.1, 0.15) is 24.4 Å². The first-order valence-corrected chi connectivity index (χ1v) is 6.68. The van der Waals surface area contributed by atoms with Gasteiger partial charge in [0, 0.05) is 18.8 Å². The fourth-order valence-electron chi connectivity index (χ4n) is 1.80. The third kappa shape index (κ3) is 4.77. The Hall–Kier alpha value is -1.69. The zero-order valence-corrected chi connectivity index (χ0v) is 11.5. The Morgan fingerprint density at radius 2 is 2.25 bits per heavy atom. The molecule has 2 unspecified atom stereocenters. The highest BCUT2D eigenvalue weighted by Gasteiger charge is 2.09. The quantitative estimate of drug-likeness (QED) is 0.771. The third-order valence-electron chi connectivity index (χ3n) is 2.93. The van der Waals surface area contributed by atoms with E-state index in [2.05, 4.69) is 10.3 Å². The van der Waals surface area contributed by atoms with E-state index < -0.39 is 6.10 Å². The van der Waals surface area contributed by atoms with Crippen molar-refractivity contribution >= 4 is 0 Å². The molecule has 5 nitrogen and oxygen atoms in total. The zero-order chi connectivity index (χ0) is 14.2. The van der Waals surface area contributed by atoms with Crippen LogP contribution in [0.4, 0.5) is 0 Å². The van der Waals surface area contributed by atoms with Crippen molar-refractivity contribution in [2.24, 2.45) is 0 Å². The van der Waals surface area contributed by atoms with Crippen LogP contribution in [0.2, 0.25) is 0 Å². The average Bonchev–Trinajstić information content (AvgIpc) is 2.99. The predicted octanol–water partition coefficient (Wildman–Crippen LogP) is 1.90. The van der Waals surface area contributed by atoms with Crippen molar-refractivity contribution in [2.45, 2.75) is 25.7 Å². The third-order valence-corrected chi connectivity index (χ3v) is 2.93. The van der Waals surface area contributed by atoms with E-state index in [0.717, 1.165) is 11.5 Å². The van der Waals surface area contributed by atoms with Crippen molar-refractivity contribution in [2.75, 3.05) is 13.2 Å². The summed E-state index contributed by atoms with van der Waals surface area (Å²) in [5, 5.41) is 13.1. The van der Waals surface area contributed by atoms with Crippen LogP contribution < -0.4 is 5.32 Å². The highest BCUT2D eigenvalue weighted by molar-refractivity contribution is 5.07. The summed E-state index contributed by atoms with van der Waals surface area (Å²) < 4.78 is 10.5. The topological polar surface area (TPSA) is 67.5 Å². The highest BCUT2D eigenvalue weighted by atomic mass is 16.5. The van der Waals surface area contributed by atoms with Crippen LogP contribution in [-0.4, -0.2) is 29.3 Å². The molecule has 2 aromatic heterocycles. The number of aliphatic hydroxyl groups excluding tert-OH is 1. The van der Waals surface area contributed by atoms with Crippen LogP contribution in [0.25, 0.3) is 0 Å². The van der Waals surface area contributed by atoms with Crippen LogP contribution in [0.3, 0.4) is 0 Å². The van der Waals surface area contributed by atoms with E-state index in [1.165, 1.54) is 0 Å². The lowest BCUT2D eigenvalue weighted by Crippen LogP contribution is -2.32. The molecule has 2 N–H and O–H groups in total. The zero-order valence-electron chi connectivity index (χ0n) is 11.5. The first kappa shape index (κ1) is 14.7. The van der Waals surface area contributed by atoms with Gasteiger partial charge in [-0.2, -0.15) is 0 Å². The minimum absolute atomic E-state index is 0.0934. The number of pyridine rings is 1. The summed E-state index contributed by atoms with van der Waals surface area (Å²) in [6.45, 7) is 3.11. The van der Waals surface area contributed by atoms with Crippen molar-refractivity contribution < 1.29 is 14.3 Å². The smallest absolute Gasteiger partial charge is 0.129 e. The summed E-state index contributed by atoms with van der Waals surface area (Å²) in [6, 6.07) is 9.53. The van der Waals surface area contributed by atoms with Gasteiger partial charge in [-0.05, 0) is 31.2 Å². The second-order valence-corrected chi connectivity index (χ2v) is 4.63. The lowest BCUT2D eigenvalue weighted by atomic mass is 10.2. The first-order valence-electron chi connectivity index (χ1n) is 6.68. The average molecular weight is 276 g/mol. The SMILES string of the molecule is CC(NCC(O)COCc1ccco1)c1ccccn1. The van der Waals surface area contributed by atoms with E-state index in [1.807, 2.05) is 37.3 Å². The minimum atomic E-state index is -0.559. The second kappa shape index (κ2) is 7.79. The van der Waals surface area contributed by atoms with Crippen molar-refractivity contribution in [1.82, 2.24) is 10.3 Å². The van der Waals surface area contributed by atoms with Crippen LogP contribution >= 0.6 is 0 Å². The van der Waals surface area contributed by atoms with Crippen LogP contribution in [0.15, 0.2) is 47.2 Å². The fourth-order valence-corrected chi connectivity index (χ4v) is 1.80. The summed E-state index contributed by atoms with van der Waals surface area (Å²) in [5.41, 5.74) is 0.955. The normalized spacial score (nSPS) is 14.1. The summed E-state index contributed by atoms with van der Waals surface area (Å²) in [5.74, 6) is 0.756. The molecule has 0 amide bonds. The molecule has 0 saturated carbocycles. The van der Waals surface area contributed by atoms with Gasteiger partial charge in [0.25, 0.3) is 0 Å². The molecular formula is C15H20N2O3. The molecule has 2 aromatic rings. The standard InChI is InChI=1S/C15H20N2O3/c1-12(15-6-2-3-7-16-15)17-9-13(18)10-19-11-14-5-4-8-20-14/h2-8,12-13,17-18H,9-11H2,1H3. The summed E-state index contributed by atoms with van der Waals surface area (Å²) in [7, 11) is 0. The molecule has 108 valence electrons. The Bertz CT molecular complexity index is 473. The monoisotopic (exact) mass is 276 g/mol. The van der Waals surface area contributed by atoms with Crippen LogP contribution in [-0.2, 0) is 11.3 Å². The van der Waals surface area contributed by atoms with E-state index in [1.54, 1.807) is 12.5 Å². The number of furan rings is 1. The van der Waals surface area contributed by atoms with Gasteiger partial charge in [0.1, 0.15) is 12.4 Å². The Kier molecular flexibility index (Phi) is 5.73. The number of nitrogens with zero attached hydrogens (tertiary/aromatic N) is 1. The largest absolute Gasteiger partial charge is 0.467 e. The molecule has 0 saturated heterocycles. The van der Waals surface area contributed by atoms with E-state index in [-0.39, 0.29) is 12.6 Å². The molecular weight excluding hydrogens is 256 g/mol. The van der Waals surface area contributed by atoms with Gasteiger partial charge in [-0.3, -0.25) is 4.98 Å². The minimum Gasteiger partial charge on any atom is -0.467 e. The molecule has 2 rings (SSSR count). The molecule has 0 fully saturated rings. The number of nitrogens with one attached hydrogen (secondary N) is 1. The Balaban J connectivity index is 1.63. The van der Waals surface area contributed by atoms with Crippen molar-refractivity contribution in [3.8, 4) is 0 Å². The Labute approximate surface area is 118 Å². The lowest BCUT2D eigenvalue weighted by Gasteiger charge is -2.16. The van der Waals surface area contributed by atoms with Crippen molar-refractivity contribution in [3.63, 3.8) is 0 Å². The number of rotatable bonds is 8. The molecule has 0 spiro atoms. The molecule has 0 aliphatic rings. The van der Waals surface area contributed by atoms with Gasteiger partial charge in [-0.25, -0.2) is 0 Å². The molecule has 0 aliphatic carbocycles. The Morgan fingerprint density at radius 3 is 2.95 bits per heavy atom. The molecule has 0 aliphatic heterocycles. The number of aliphatic hydroxyl groups is 1. The fraction of sp³-hybridized carbons (Fsp3) is 0.400. The van der Waals surface area contributed by atoms with Gasteiger partial charge in [0.2, 0.25) is 0 Å². The molecule has 2 atom stereocenters. The first-order chi connectivity index (χ1) is 9.75. The molecule has 0 radical (unpaired) electrons. The molecule has 20 heavy (non-hydrogen) atoms. The van der Waals surface area contributed by atoms with Gasteiger partial charge in [-0.1, -0.05) is 6.07 Å². The van der Waals surface area contributed by atoms with Crippen molar-refractivity contribution in [1.29, 1.82) is 0 Å². The van der Waals surface area contributed by atoms with E-state index in [0.29, 0.717) is 13.2 Å². The highest BCUT2D eigenvalue weighted by Crippen LogP contribution is 2.07. The van der Waals surface area contributed by atoms with Gasteiger partial charge in [0.05, 0.1) is 24.7 Å².